The third-order valence-electron chi connectivity index (χ3n) is 3.65. The predicted molar refractivity (Wildman–Crippen MR) is 109 cm³/mol. The molecule has 0 unspecified atom stereocenters. The Morgan fingerprint density at radius 2 is 1.88 bits per heavy atom. The second-order valence-electron chi connectivity index (χ2n) is 5.41. The van der Waals surface area contributed by atoms with E-state index in [2.05, 4.69) is 15.9 Å². The van der Waals surface area contributed by atoms with Gasteiger partial charge in [0.25, 0.3) is 11.1 Å². The van der Waals surface area contributed by atoms with E-state index < -0.39 is 0 Å². The first-order chi connectivity index (χ1) is 12.4. The molecule has 0 spiro atoms. The molecule has 1 fully saturated rings. The molecule has 0 saturated carbocycles. The Morgan fingerprint density at radius 3 is 2.50 bits per heavy atom. The van der Waals surface area contributed by atoms with E-state index in [1.165, 1.54) is 12.0 Å². The lowest BCUT2D eigenvalue weighted by Crippen LogP contribution is -2.27. The molecule has 26 heavy (non-hydrogen) atoms. The van der Waals surface area contributed by atoms with E-state index >= 15 is 0 Å². The summed E-state index contributed by atoms with van der Waals surface area (Å²) < 4.78 is 5.85. The maximum atomic E-state index is 12.6. The molecule has 2 aromatic carbocycles. The quantitative estimate of drug-likeness (QED) is 0.512. The highest BCUT2D eigenvalue weighted by molar-refractivity contribution is 9.10. The fraction of sp³-hybridized carbons (Fsp3) is 0.111. The molecule has 8 heteroatoms. The maximum Gasteiger partial charge on any atom is 0.293 e. The molecule has 1 aliphatic heterocycles. The lowest BCUT2D eigenvalue weighted by molar-refractivity contribution is -0.123. The van der Waals surface area contributed by atoms with Gasteiger partial charge in [-0.1, -0.05) is 35.3 Å². The molecule has 1 saturated heterocycles. The Kier molecular flexibility index (Phi) is 5.97. The van der Waals surface area contributed by atoms with Crippen LogP contribution in [0.5, 0.6) is 5.75 Å². The summed E-state index contributed by atoms with van der Waals surface area (Å²) >= 11 is 16.3. The average Bonchev–Trinajstić information content (AvgIpc) is 2.84. The molecule has 0 aliphatic carbocycles. The Balaban J connectivity index is 1.84. The number of benzene rings is 2. The van der Waals surface area contributed by atoms with E-state index in [1.54, 1.807) is 42.5 Å². The Morgan fingerprint density at radius 1 is 1.19 bits per heavy atom. The van der Waals surface area contributed by atoms with Gasteiger partial charge in [-0.2, -0.15) is 0 Å². The molecule has 0 radical (unpaired) electrons. The molecule has 0 bridgehead atoms. The standard InChI is InChI=1S/C18H12BrCl2NO3S/c1-25-16-13(19)6-11(7-14(16)21)8-15-17(23)22(18(24)26-15)9-10-2-4-12(20)5-3-10/h2-8H,9H2,1H3/b15-8+. The van der Waals surface area contributed by atoms with Gasteiger partial charge in [0, 0.05) is 5.02 Å². The van der Waals surface area contributed by atoms with Gasteiger partial charge >= 0.3 is 0 Å². The number of imide groups is 1. The number of carbonyl (C=O) groups is 2. The molecule has 134 valence electrons. The van der Waals surface area contributed by atoms with Gasteiger partial charge < -0.3 is 4.74 Å². The number of hydrogen-bond acceptors (Lipinski definition) is 4. The number of amides is 2. The first-order valence-electron chi connectivity index (χ1n) is 7.42. The Labute approximate surface area is 173 Å². The molecule has 0 N–H and O–H groups in total. The molecule has 3 rings (SSSR count). The molecular weight excluding hydrogens is 461 g/mol. The van der Waals surface area contributed by atoms with Gasteiger partial charge in [0.05, 0.1) is 28.1 Å². The second-order valence-corrected chi connectivity index (χ2v) is 8.10. The third kappa shape index (κ3) is 4.09. The summed E-state index contributed by atoms with van der Waals surface area (Å²) in [5.41, 5.74) is 1.52. The van der Waals surface area contributed by atoms with Gasteiger partial charge in [0.15, 0.2) is 5.75 Å². The van der Waals surface area contributed by atoms with E-state index in [0.717, 1.165) is 17.3 Å². The molecule has 0 aromatic heterocycles. The van der Waals surface area contributed by atoms with Crippen molar-refractivity contribution >= 4 is 68.1 Å². The number of carbonyl (C=O) groups excluding carboxylic acids is 2. The van der Waals surface area contributed by atoms with Crippen LogP contribution in [0.15, 0.2) is 45.8 Å². The summed E-state index contributed by atoms with van der Waals surface area (Å²) in [7, 11) is 1.52. The summed E-state index contributed by atoms with van der Waals surface area (Å²) in [4.78, 5) is 26.4. The third-order valence-corrected chi connectivity index (χ3v) is 5.68. The van der Waals surface area contributed by atoms with Crippen LogP contribution in [0, 0.1) is 0 Å². The fourth-order valence-corrected chi connectivity index (χ4v) is 4.44. The number of rotatable bonds is 4. The summed E-state index contributed by atoms with van der Waals surface area (Å²) in [5.74, 6) is 0.178. The van der Waals surface area contributed by atoms with Crippen molar-refractivity contribution in [1.29, 1.82) is 0 Å². The Hall–Kier alpha value is -1.47. The number of methoxy groups -OCH3 is 1. The SMILES string of the molecule is COc1c(Cl)cc(/C=C2/SC(=O)N(Cc3ccc(Cl)cc3)C2=O)cc1Br. The summed E-state index contributed by atoms with van der Waals surface area (Å²) in [6, 6.07) is 10.5. The number of halogens is 3. The average molecular weight is 473 g/mol. The van der Waals surface area contributed by atoms with Crippen molar-refractivity contribution < 1.29 is 14.3 Å². The predicted octanol–water partition coefficient (Wildman–Crippen LogP) is 6.00. The van der Waals surface area contributed by atoms with Crippen LogP contribution in [0.2, 0.25) is 10.0 Å². The van der Waals surface area contributed by atoms with Crippen LogP contribution in [-0.2, 0) is 11.3 Å². The number of nitrogens with zero attached hydrogens (tertiary/aromatic N) is 1. The van der Waals surface area contributed by atoms with Crippen molar-refractivity contribution in [3.63, 3.8) is 0 Å². The van der Waals surface area contributed by atoms with E-state index in [4.69, 9.17) is 27.9 Å². The van der Waals surface area contributed by atoms with E-state index in [-0.39, 0.29) is 17.7 Å². The van der Waals surface area contributed by atoms with Crippen LogP contribution in [0.1, 0.15) is 11.1 Å². The van der Waals surface area contributed by atoms with Crippen LogP contribution < -0.4 is 4.74 Å². The molecular formula is C18H12BrCl2NO3S. The normalized spacial score (nSPS) is 15.8. The zero-order valence-corrected chi connectivity index (χ0v) is 17.4. The second kappa shape index (κ2) is 8.05. The van der Waals surface area contributed by atoms with Gasteiger partial charge in [0.2, 0.25) is 0 Å². The van der Waals surface area contributed by atoms with E-state index in [1.807, 2.05) is 0 Å². The minimum Gasteiger partial charge on any atom is -0.494 e. The van der Waals surface area contributed by atoms with Gasteiger partial charge in [-0.3, -0.25) is 14.5 Å². The molecule has 0 atom stereocenters. The van der Waals surface area contributed by atoms with Gasteiger partial charge in [-0.25, -0.2) is 0 Å². The highest BCUT2D eigenvalue weighted by Crippen LogP contribution is 2.37. The minimum absolute atomic E-state index is 0.201. The van der Waals surface area contributed by atoms with Crippen LogP contribution in [0.3, 0.4) is 0 Å². The largest absolute Gasteiger partial charge is 0.494 e. The van der Waals surface area contributed by atoms with Crippen LogP contribution >= 0.6 is 50.9 Å². The van der Waals surface area contributed by atoms with Crippen LogP contribution in [0.4, 0.5) is 4.79 Å². The van der Waals surface area contributed by atoms with Gasteiger partial charge in [-0.05, 0) is 69.2 Å². The van der Waals surface area contributed by atoms with E-state index in [0.29, 0.717) is 30.7 Å². The monoisotopic (exact) mass is 471 g/mol. The molecule has 2 aromatic rings. The highest BCUT2D eigenvalue weighted by atomic mass is 79.9. The lowest BCUT2D eigenvalue weighted by atomic mass is 10.2. The molecule has 1 aliphatic rings. The maximum absolute atomic E-state index is 12.6. The summed E-state index contributed by atoms with van der Waals surface area (Å²) in [5, 5.41) is 0.702. The molecule has 1 heterocycles. The highest BCUT2D eigenvalue weighted by Gasteiger charge is 2.35. The number of ether oxygens (including phenoxy) is 1. The van der Waals surface area contributed by atoms with Gasteiger partial charge in [-0.15, -0.1) is 0 Å². The first kappa shape index (κ1) is 19.3. The Bertz CT molecular complexity index is 892. The van der Waals surface area contributed by atoms with Crippen molar-refractivity contribution in [2.75, 3.05) is 7.11 Å². The zero-order valence-electron chi connectivity index (χ0n) is 13.5. The summed E-state index contributed by atoms with van der Waals surface area (Å²) in [6.07, 6.45) is 1.64. The fourth-order valence-electron chi connectivity index (χ4n) is 2.42. The molecule has 2 amide bonds. The smallest absolute Gasteiger partial charge is 0.293 e. The summed E-state index contributed by atoms with van der Waals surface area (Å²) in [6.45, 7) is 0.201. The van der Waals surface area contributed by atoms with Crippen molar-refractivity contribution in [3.8, 4) is 5.75 Å². The van der Waals surface area contributed by atoms with Crippen LogP contribution in [-0.4, -0.2) is 23.2 Å². The van der Waals surface area contributed by atoms with Crippen molar-refractivity contribution in [1.82, 2.24) is 4.90 Å². The number of hydrogen-bond donors (Lipinski definition) is 0. The topological polar surface area (TPSA) is 46.6 Å². The molecule has 4 nitrogen and oxygen atoms in total. The zero-order chi connectivity index (χ0) is 18.8. The van der Waals surface area contributed by atoms with Crippen molar-refractivity contribution in [2.24, 2.45) is 0 Å². The van der Waals surface area contributed by atoms with Gasteiger partial charge in [0.1, 0.15) is 0 Å². The first-order valence-corrected chi connectivity index (χ1v) is 9.78. The van der Waals surface area contributed by atoms with Crippen molar-refractivity contribution in [3.05, 3.63) is 66.9 Å². The van der Waals surface area contributed by atoms with Crippen LogP contribution in [0.25, 0.3) is 6.08 Å². The van der Waals surface area contributed by atoms with Crippen molar-refractivity contribution in [2.45, 2.75) is 6.54 Å². The minimum atomic E-state index is -0.335. The van der Waals surface area contributed by atoms with E-state index in [9.17, 15) is 9.59 Å². The number of thioether (sulfide) groups is 1. The lowest BCUT2D eigenvalue weighted by Gasteiger charge is -2.12.